The summed E-state index contributed by atoms with van der Waals surface area (Å²) in [6.45, 7) is 3.54. The Bertz CT molecular complexity index is 496. The van der Waals surface area contributed by atoms with E-state index >= 15 is 0 Å². The highest BCUT2D eigenvalue weighted by molar-refractivity contribution is 5.64. The normalized spacial score (nSPS) is 20.3. The van der Waals surface area contributed by atoms with Gasteiger partial charge in [0.25, 0.3) is 5.69 Å². The highest BCUT2D eigenvalue weighted by Gasteiger charge is 2.25. The average Bonchev–Trinajstić information content (AvgIpc) is 3.02. The number of ether oxygens (including phenoxy) is 3. The van der Waals surface area contributed by atoms with Crippen LogP contribution in [-0.4, -0.2) is 44.4 Å². The van der Waals surface area contributed by atoms with Gasteiger partial charge in [-0.05, 0) is 6.07 Å². The Labute approximate surface area is 116 Å². The molecule has 2 fully saturated rings. The van der Waals surface area contributed by atoms with Crippen LogP contribution in [0.1, 0.15) is 11.9 Å². The van der Waals surface area contributed by atoms with E-state index in [2.05, 4.69) is 0 Å². The number of anilines is 1. The molecule has 0 unspecified atom stereocenters. The molecule has 2 aliphatic heterocycles. The van der Waals surface area contributed by atoms with Gasteiger partial charge in [-0.1, -0.05) is 6.07 Å². The van der Waals surface area contributed by atoms with Gasteiger partial charge in [0.2, 0.25) is 0 Å². The topological polar surface area (TPSA) is 74.1 Å². The molecule has 0 spiro atoms. The Hall–Kier alpha value is -1.70. The Morgan fingerprint density at radius 2 is 1.85 bits per heavy atom. The summed E-state index contributed by atoms with van der Waals surface area (Å²) in [6.07, 6.45) is -0.493. The van der Waals surface area contributed by atoms with Gasteiger partial charge in [-0.2, -0.15) is 0 Å². The summed E-state index contributed by atoms with van der Waals surface area (Å²) in [5.74, 6) is 0. The second-order valence-corrected chi connectivity index (χ2v) is 4.68. The smallest absolute Gasteiger partial charge is 0.292 e. The fraction of sp³-hybridized carbons (Fsp3) is 0.538. The van der Waals surface area contributed by atoms with Gasteiger partial charge in [0.05, 0.1) is 31.4 Å². The lowest BCUT2D eigenvalue weighted by Crippen LogP contribution is -2.36. The first-order valence-electron chi connectivity index (χ1n) is 6.60. The molecule has 2 saturated heterocycles. The third-order valence-corrected chi connectivity index (χ3v) is 3.44. The number of benzene rings is 1. The summed E-state index contributed by atoms with van der Waals surface area (Å²) in [6, 6.07) is 5.14. The van der Waals surface area contributed by atoms with Crippen LogP contribution in [0.5, 0.6) is 0 Å². The van der Waals surface area contributed by atoms with Crippen LogP contribution in [0, 0.1) is 10.1 Å². The molecule has 0 saturated carbocycles. The maximum Gasteiger partial charge on any atom is 0.292 e. The van der Waals surface area contributed by atoms with E-state index in [1.165, 1.54) is 0 Å². The lowest BCUT2D eigenvalue weighted by atomic mass is 10.1. The van der Waals surface area contributed by atoms with E-state index in [0.29, 0.717) is 50.8 Å². The Morgan fingerprint density at radius 1 is 1.15 bits per heavy atom. The summed E-state index contributed by atoms with van der Waals surface area (Å²) in [5, 5.41) is 11.3. The van der Waals surface area contributed by atoms with E-state index in [-0.39, 0.29) is 10.6 Å². The number of nitro groups is 1. The average molecular weight is 280 g/mol. The molecule has 0 atom stereocenters. The number of morpholine rings is 1. The maximum absolute atomic E-state index is 11.3. The quantitative estimate of drug-likeness (QED) is 0.616. The monoisotopic (exact) mass is 280 g/mol. The molecule has 0 N–H and O–H groups in total. The zero-order valence-corrected chi connectivity index (χ0v) is 11.0. The van der Waals surface area contributed by atoms with Gasteiger partial charge in [-0.3, -0.25) is 10.1 Å². The summed E-state index contributed by atoms with van der Waals surface area (Å²) < 4.78 is 16.0. The minimum Gasteiger partial charge on any atom is -0.378 e. The summed E-state index contributed by atoms with van der Waals surface area (Å²) in [5.41, 5.74) is 1.40. The Morgan fingerprint density at radius 3 is 2.50 bits per heavy atom. The number of rotatable bonds is 3. The van der Waals surface area contributed by atoms with E-state index in [9.17, 15) is 10.1 Å². The van der Waals surface area contributed by atoms with E-state index in [4.69, 9.17) is 14.2 Å². The number of nitro benzene ring substituents is 1. The highest BCUT2D eigenvalue weighted by Crippen LogP contribution is 2.33. The Kier molecular flexibility index (Phi) is 3.81. The van der Waals surface area contributed by atoms with Crippen molar-refractivity contribution in [3.05, 3.63) is 33.9 Å². The van der Waals surface area contributed by atoms with Gasteiger partial charge in [0, 0.05) is 24.7 Å². The minimum atomic E-state index is -0.493. The highest BCUT2D eigenvalue weighted by atomic mass is 16.7. The van der Waals surface area contributed by atoms with Crippen LogP contribution in [0.25, 0.3) is 0 Å². The predicted octanol–water partition coefficient (Wildman–Crippen LogP) is 1.48. The van der Waals surface area contributed by atoms with Crippen molar-refractivity contribution in [2.24, 2.45) is 0 Å². The van der Waals surface area contributed by atoms with Crippen molar-refractivity contribution in [3.63, 3.8) is 0 Å². The van der Waals surface area contributed by atoms with E-state index in [1.54, 1.807) is 12.1 Å². The van der Waals surface area contributed by atoms with Gasteiger partial charge in [0.15, 0.2) is 6.29 Å². The third-order valence-electron chi connectivity index (χ3n) is 3.44. The fourth-order valence-corrected chi connectivity index (χ4v) is 2.46. The first-order valence-corrected chi connectivity index (χ1v) is 6.60. The van der Waals surface area contributed by atoms with E-state index in [1.807, 2.05) is 11.0 Å². The molecule has 0 aliphatic carbocycles. The predicted molar refractivity (Wildman–Crippen MR) is 70.8 cm³/mol. The van der Waals surface area contributed by atoms with Crippen LogP contribution in [0.3, 0.4) is 0 Å². The number of hydrogen-bond acceptors (Lipinski definition) is 6. The van der Waals surface area contributed by atoms with Crippen molar-refractivity contribution >= 4 is 11.4 Å². The lowest BCUT2D eigenvalue weighted by Gasteiger charge is -2.28. The lowest BCUT2D eigenvalue weighted by molar-refractivity contribution is -0.384. The molecular weight excluding hydrogens is 264 g/mol. The van der Waals surface area contributed by atoms with Crippen molar-refractivity contribution in [3.8, 4) is 0 Å². The van der Waals surface area contributed by atoms with Gasteiger partial charge in [-0.25, -0.2) is 0 Å². The first-order chi connectivity index (χ1) is 9.75. The zero-order chi connectivity index (χ0) is 13.9. The SMILES string of the molecule is O=[N+]([O-])c1cc(C2OCCO2)ccc1N1CCOCC1. The summed E-state index contributed by atoms with van der Waals surface area (Å²) in [7, 11) is 0. The molecule has 7 nitrogen and oxygen atoms in total. The number of hydrogen-bond donors (Lipinski definition) is 0. The molecule has 20 heavy (non-hydrogen) atoms. The van der Waals surface area contributed by atoms with Crippen LogP contribution in [0.2, 0.25) is 0 Å². The van der Waals surface area contributed by atoms with Crippen LogP contribution in [0.15, 0.2) is 18.2 Å². The summed E-state index contributed by atoms with van der Waals surface area (Å²) in [4.78, 5) is 12.9. The van der Waals surface area contributed by atoms with E-state index in [0.717, 1.165) is 0 Å². The van der Waals surface area contributed by atoms with Crippen molar-refractivity contribution in [1.29, 1.82) is 0 Å². The first kappa shape index (κ1) is 13.3. The van der Waals surface area contributed by atoms with Crippen LogP contribution in [-0.2, 0) is 14.2 Å². The molecule has 0 aromatic heterocycles. The zero-order valence-electron chi connectivity index (χ0n) is 11.0. The Balaban J connectivity index is 1.91. The molecule has 3 rings (SSSR count). The van der Waals surface area contributed by atoms with Crippen LogP contribution < -0.4 is 4.90 Å². The van der Waals surface area contributed by atoms with Crippen molar-refractivity contribution in [1.82, 2.24) is 0 Å². The molecule has 0 amide bonds. The van der Waals surface area contributed by atoms with Gasteiger partial charge >= 0.3 is 0 Å². The maximum atomic E-state index is 11.3. The van der Waals surface area contributed by atoms with Crippen molar-refractivity contribution in [2.45, 2.75) is 6.29 Å². The third kappa shape index (κ3) is 2.60. The molecule has 1 aromatic carbocycles. The fourth-order valence-electron chi connectivity index (χ4n) is 2.46. The van der Waals surface area contributed by atoms with E-state index < -0.39 is 6.29 Å². The molecule has 1 aromatic rings. The standard InChI is InChI=1S/C13H16N2O5/c16-15(17)12-9-10(13-19-7-8-20-13)1-2-11(12)14-3-5-18-6-4-14/h1-2,9,13H,3-8H2. The summed E-state index contributed by atoms with van der Waals surface area (Å²) >= 11 is 0. The van der Waals surface area contributed by atoms with Crippen molar-refractivity contribution < 1.29 is 19.1 Å². The van der Waals surface area contributed by atoms with Gasteiger partial charge in [0.1, 0.15) is 5.69 Å². The molecule has 2 aliphatic rings. The number of nitrogens with zero attached hydrogens (tertiary/aromatic N) is 2. The second-order valence-electron chi connectivity index (χ2n) is 4.68. The molecule has 0 radical (unpaired) electrons. The second kappa shape index (κ2) is 5.74. The minimum absolute atomic E-state index is 0.0866. The molecular formula is C13H16N2O5. The van der Waals surface area contributed by atoms with Crippen LogP contribution in [0.4, 0.5) is 11.4 Å². The van der Waals surface area contributed by atoms with Gasteiger partial charge in [-0.15, -0.1) is 0 Å². The molecule has 7 heteroatoms. The molecule has 0 bridgehead atoms. The molecule has 2 heterocycles. The van der Waals surface area contributed by atoms with Crippen LogP contribution >= 0.6 is 0 Å². The largest absolute Gasteiger partial charge is 0.378 e. The van der Waals surface area contributed by atoms with Crippen molar-refractivity contribution in [2.75, 3.05) is 44.4 Å². The molecule has 108 valence electrons. The van der Waals surface area contributed by atoms with Gasteiger partial charge < -0.3 is 19.1 Å².